The maximum absolute atomic E-state index is 12.7. The number of phosphoric acid groups is 1. The van der Waals surface area contributed by atoms with Gasteiger partial charge in [0.2, 0.25) is 0 Å². The molecule has 1 aromatic heterocycles. The number of unbranched alkanes of at least 4 members (excludes halogenated alkanes) is 8. The van der Waals surface area contributed by atoms with E-state index >= 15 is 0 Å². The average molecular weight is 828 g/mol. The van der Waals surface area contributed by atoms with E-state index in [-0.39, 0.29) is 50.9 Å². The SMILES string of the molecule is CCCCC[C@H](O)/C=C/[C@@H]1[C@@H](C/C=C/CCCC(=O)O[C@H](COC(=O)CCCCCCCCc2oc(CCC)c(C)c2C)COP(=O)(O)OCCN)[C@@H](O)C[C@H]1O. The maximum atomic E-state index is 12.7. The van der Waals surface area contributed by atoms with E-state index in [9.17, 15) is 34.4 Å². The number of esters is 2. The Morgan fingerprint density at radius 3 is 2.25 bits per heavy atom. The molecule has 1 heterocycles. The summed E-state index contributed by atoms with van der Waals surface area (Å²) in [7, 11) is -4.46. The van der Waals surface area contributed by atoms with Gasteiger partial charge in [0.25, 0.3) is 0 Å². The van der Waals surface area contributed by atoms with E-state index in [1.54, 1.807) is 6.08 Å². The number of aliphatic hydroxyl groups excluding tert-OH is 3. The van der Waals surface area contributed by atoms with Crippen LogP contribution in [-0.4, -0.2) is 82.9 Å². The van der Waals surface area contributed by atoms with Crippen LogP contribution in [0.1, 0.15) is 146 Å². The molecule has 7 atom stereocenters. The van der Waals surface area contributed by atoms with Crippen LogP contribution in [0.15, 0.2) is 28.7 Å². The lowest BCUT2D eigenvalue weighted by Crippen LogP contribution is -2.29. The van der Waals surface area contributed by atoms with Crippen molar-refractivity contribution in [3.63, 3.8) is 0 Å². The lowest BCUT2D eigenvalue weighted by molar-refractivity contribution is -0.161. The number of aliphatic hydroxyl groups is 3. The molecule has 1 aromatic rings. The number of rotatable bonds is 32. The Kier molecular flexibility index (Phi) is 25.8. The number of ether oxygens (including phenoxy) is 2. The molecule has 2 rings (SSSR count). The predicted octanol–water partition coefficient (Wildman–Crippen LogP) is 7.64. The summed E-state index contributed by atoms with van der Waals surface area (Å²) in [4.78, 5) is 35.1. The van der Waals surface area contributed by atoms with Crippen LogP contribution in [0.5, 0.6) is 0 Å². The molecule has 0 radical (unpaired) electrons. The molecule has 328 valence electrons. The van der Waals surface area contributed by atoms with Crippen molar-refractivity contribution < 1.29 is 57.3 Å². The Labute approximate surface area is 341 Å². The van der Waals surface area contributed by atoms with Gasteiger partial charge in [-0.2, -0.15) is 0 Å². The fourth-order valence-electron chi connectivity index (χ4n) is 7.09. The predicted molar refractivity (Wildman–Crippen MR) is 220 cm³/mol. The van der Waals surface area contributed by atoms with Gasteiger partial charge in [-0.1, -0.05) is 83.1 Å². The molecule has 57 heavy (non-hydrogen) atoms. The van der Waals surface area contributed by atoms with E-state index in [0.717, 1.165) is 82.1 Å². The van der Waals surface area contributed by atoms with Crippen LogP contribution in [0.2, 0.25) is 0 Å². The molecule has 1 aliphatic rings. The maximum Gasteiger partial charge on any atom is 0.472 e. The topological polar surface area (TPSA) is 208 Å². The fourth-order valence-corrected chi connectivity index (χ4v) is 7.85. The van der Waals surface area contributed by atoms with Crippen molar-refractivity contribution in [2.24, 2.45) is 17.6 Å². The Morgan fingerprint density at radius 2 is 1.54 bits per heavy atom. The summed E-state index contributed by atoms with van der Waals surface area (Å²) in [5.41, 5.74) is 7.89. The summed E-state index contributed by atoms with van der Waals surface area (Å²) in [5, 5.41) is 31.3. The normalized spacial score (nSPS) is 20.6. The number of carbonyl (C=O) groups is 2. The van der Waals surface area contributed by atoms with Gasteiger partial charge in [0, 0.05) is 44.6 Å². The van der Waals surface area contributed by atoms with Crippen LogP contribution in [-0.2, 0) is 45.5 Å². The molecule has 0 amide bonds. The molecule has 0 aromatic carbocycles. The van der Waals surface area contributed by atoms with Gasteiger partial charge in [-0.15, -0.1) is 0 Å². The summed E-state index contributed by atoms with van der Waals surface area (Å²) in [6.07, 6.45) is 18.9. The van der Waals surface area contributed by atoms with Crippen molar-refractivity contribution in [3.8, 4) is 0 Å². The van der Waals surface area contributed by atoms with E-state index in [0.29, 0.717) is 32.1 Å². The van der Waals surface area contributed by atoms with Gasteiger partial charge >= 0.3 is 19.8 Å². The van der Waals surface area contributed by atoms with Crippen molar-refractivity contribution >= 4 is 19.8 Å². The molecule has 1 fully saturated rings. The third-order valence-corrected chi connectivity index (χ3v) is 11.6. The first-order valence-corrected chi connectivity index (χ1v) is 22.9. The molecule has 0 bridgehead atoms. The number of furan rings is 1. The highest BCUT2D eigenvalue weighted by Gasteiger charge is 2.39. The minimum Gasteiger partial charge on any atom is -0.466 e. The standard InChI is InChI=1S/C43H74NO12P/c1-5-7-14-20-34(45)25-26-37-36(38(46)29-39(37)47)21-15-12-13-18-24-43(49)55-35(31-54-57(50,51)53-28-27-44)30-52-42(48)23-17-11-9-8-10-16-22-41-33(4)32(3)40(56-41)19-6-2/h12,15,25-26,34-39,45-47H,5-11,13-14,16-24,27-31,44H2,1-4H3,(H,50,51)/b15-12+,26-25+/t34-,35+,36+,37+,38-,39+/m0/s1. The lowest BCUT2D eigenvalue weighted by Gasteiger charge is -2.20. The molecule has 14 heteroatoms. The van der Waals surface area contributed by atoms with Gasteiger partial charge in [-0.25, -0.2) is 4.57 Å². The van der Waals surface area contributed by atoms with E-state index in [4.69, 9.17) is 28.7 Å². The van der Waals surface area contributed by atoms with Crippen molar-refractivity contribution in [3.05, 3.63) is 47.0 Å². The van der Waals surface area contributed by atoms with Gasteiger partial charge in [-0.05, 0) is 75.8 Å². The molecule has 1 aliphatic carbocycles. The molecule has 0 spiro atoms. The first-order chi connectivity index (χ1) is 27.3. The number of phosphoric ester groups is 1. The summed E-state index contributed by atoms with van der Waals surface area (Å²) in [5.74, 6) is 0.716. The van der Waals surface area contributed by atoms with Crippen LogP contribution in [0.25, 0.3) is 0 Å². The number of allylic oxidation sites excluding steroid dienone is 2. The Hall–Kier alpha value is -2.35. The fraction of sp³-hybridized carbons (Fsp3) is 0.767. The second kappa shape index (κ2) is 29.0. The van der Waals surface area contributed by atoms with E-state index in [1.165, 1.54) is 11.1 Å². The third kappa shape index (κ3) is 21.0. The van der Waals surface area contributed by atoms with Crippen LogP contribution < -0.4 is 5.73 Å². The minimum atomic E-state index is -4.46. The zero-order valence-electron chi connectivity index (χ0n) is 35.1. The van der Waals surface area contributed by atoms with E-state index < -0.39 is 50.8 Å². The van der Waals surface area contributed by atoms with Crippen molar-refractivity contribution in [2.75, 3.05) is 26.4 Å². The second-order valence-electron chi connectivity index (χ2n) is 15.4. The molecule has 0 saturated heterocycles. The molecule has 6 N–H and O–H groups in total. The average Bonchev–Trinajstić information content (AvgIpc) is 3.60. The molecular weight excluding hydrogens is 753 g/mol. The molecule has 0 aliphatic heterocycles. The Bertz CT molecular complexity index is 1380. The lowest BCUT2D eigenvalue weighted by atomic mass is 9.89. The first-order valence-electron chi connectivity index (χ1n) is 21.4. The number of hydrogen-bond acceptors (Lipinski definition) is 12. The van der Waals surface area contributed by atoms with Gasteiger partial charge in [-0.3, -0.25) is 18.6 Å². The van der Waals surface area contributed by atoms with Crippen LogP contribution in [0.3, 0.4) is 0 Å². The summed E-state index contributed by atoms with van der Waals surface area (Å²) >= 11 is 0. The van der Waals surface area contributed by atoms with E-state index in [1.807, 2.05) is 18.2 Å². The smallest absolute Gasteiger partial charge is 0.466 e. The second-order valence-corrected chi connectivity index (χ2v) is 16.9. The molecule has 1 unspecified atom stereocenters. The quantitative estimate of drug-likeness (QED) is 0.0205. The Balaban J connectivity index is 1.74. The van der Waals surface area contributed by atoms with Crippen LogP contribution in [0.4, 0.5) is 0 Å². The van der Waals surface area contributed by atoms with Crippen LogP contribution in [0, 0.1) is 25.7 Å². The van der Waals surface area contributed by atoms with Gasteiger partial charge in [0.1, 0.15) is 18.1 Å². The summed E-state index contributed by atoms with van der Waals surface area (Å²) < 4.78 is 38.9. The molecular formula is C43H74NO12P. The zero-order valence-corrected chi connectivity index (χ0v) is 36.0. The number of nitrogens with two attached hydrogens (primary N) is 1. The van der Waals surface area contributed by atoms with E-state index in [2.05, 4.69) is 27.7 Å². The first kappa shape index (κ1) is 50.8. The Morgan fingerprint density at radius 1 is 0.860 bits per heavy atom. The van der Waals surface area contributed by atoms with Gasteiger partial charge < -0.3 is 39.8 Å². The molecule has 1 saturated carbocycles. The number of aryl methyl sites for hydroxylation is 2. The number of carbonyl (C=O) groups excluding carboxylic acids is 2. The highest BCUT2D eigenvalue weighted by atomic mass is 31.2. The van der Waals surface area contributed by atoms with Crippen molar-refractivity contribution in [1.82, 2.24) is 0 Å². The monoisotopic (exact) mass is 827 g/mol. The number of hydrogen-bond donors (Lipinski definition) is 5. The van der Waals surface area contributed by atoms with Crippen molar-refractivity contribution in [1.29, 1.82) is 0 Å². The minimum absolute atomic E-state index is 0.00673. The molecule has 13 nitrogen and oxygen atoms in total. The largest absolute Gasteiger partial charge is 0.472 e. The highest BCUT2D eigenvalue weighted by molar-refractivity contribution is 7.47. The van der Waals surface area contributed by atoms with Gasteiger partial charge in [0.05, 0.1) is 31.5 Å². The third-order valence-electron chi connectivity index (χ3n) is 10.6. The zero-order chi connectivity index (χ0) is 42.1. The summed E-state index contributed by atoms with van der Waals surface area (Å²) in [6, 6.07) is 0. The highest BCUT2D eigenvalue weighted by Crippen LogP contribution is 2.43. The van der Waals surface area contributed by atoms with Gasteiger partial charge in [0.15, 0.2) is 6.10 Å². The summed E-state index contributed by atoms with van der Waals surface area (Å²) in [6.45, 7) is 7.47. The van der Waals surface area contributed by atoms with Crippen LogP contribution >= 0.6 is 7.82 Å². The van der Waals surface area contributed by atoms with Crippen molar-refractivity contribution in [2.45, 2.75) is 174 Å².